The van der Waals surface area contributed by atoms with E-state index in [1.807, 2.05) is 0 Å². The summed E-state index contributed by atoms with van der Waals surface area (Å²) in [7, 11) is -3.84. The van der Waals surface area contributed by atoms with Crippen LogP contribution < -0.4 is 11.4 Å². The molecule has 1 aromatic heterocycles. The molecule has 3 heterocycles. The smallest absolute Gasteiger partial charge is 0.395 e. The molecule has 1 aromatic rings. The van der Waals surface area contributed by atoms with Crippen LogP contribution in [-0.4, -0.2) is 91.1 Å². The molecule has 5 N–H and O–H groups in total. The Hall–Kier alpha value is -1.35. The fraction of sp³-hybridized carbons (Fsp3) is 0.773. The second-order valence-corrected chi connectivity index (χ2v) is 13.1. The van der Waals surface area contributed by atoms with Crippen molar-refractivity contribution in [1.82, 2.24) is 14.2 Å². The highest BCUT2D eigenvalue weighted by Crippen LogP contribution is 2.54. The average Bonchev–Trinajstić information content (AvgIpc) is 3.09. The standard InChI is InChI=1S/C22H37N4O9PS/c1-21(2,14-27)19(29)37-12-11-33-36(32,25-8-5-4-6-9-25)34-13-15-17(28)22(3,31)18(35-15)26-10-7-16(23)24-20(26)30/h7,10,15,17-18,27-28,31H,4-6,8-9,11-14H2,1-3H3,(H2,23,24,30)/t15-,17?,18-,22+,36?/m1/s1. The highest BCUT2D eigenvalue weighted by molar-refractivity contribution is 8.13. The number of carbonyl (C=O) groups excluding carboxylic acids is 1. The lowest BCUT2D eigenvalue weighted by Crippen LogP contribution is -2.46. The van der Waals surface area contributed by atoms with Gasteiger partial charge in [-0.1, -0.05) is 18.2 Å². The first-order valence-electron chi connectivity index (χ1n) is 12.1. The fourth-order valence-corrected chi connectivity index (χ4v) is 6.78. The SMILES string of the molecule is CC(C)(CO)C(=O)SCCOP(=O)(OC[C@H]1O[C@@H](n2ccc(N)nc2=O)[C@@](C)(O)C1O)N1CCCCC1. The molecule has 13 nitrogen and oxygen atoms in total. The molecular weight excluding hydrogens is 527 g/mol. The van der Waals surface area contributed by atoms with Crippen LogP contribution in [0, 0.1) is 5.41 Å². The molecule has 2 aliphatic heterocycles. The van der Waals surface area contributed by atoms with Gasteiger partial charge in [-0.2, -0.15) is 4.98 Å². The number of aliphatic hydroxyl groups is 3. The summed E-state index contributed by atoms with van der Waals surface area (Å²) in [5, 5.41) is 30.8. The van der Waals surface area contributed by atoms with E-state index >= 15 is 0 Å². The predicted molar refractivity (Wildman–Crippen MR) is 137 cm³/mol. The number of anilines is 1. The Labute approximate surface area is 219 Å². The number of hydrogen-bond donors (Lipinski definition) is 4. The number of piperidine rings is 1. The van der Waals surface area contributed by atoms with Crippen LogP contribution in [0.5, 0.6) is 0 Å². The normalized spacial score (nSPS) is 28.8. The molecule has 0 saturated carbocycles. The zero-order valence-corrected chi connectivity index (χ0v) is 23.0. The second-order valence-electron chi connectivity index (χ2n) is 10.0. The van der Waals surface area contributed by atoms with Gasteiger partial charge in [-0.05, 0) is 39.7 Å². The van der Waals surface area contributed by atoms with Gasteiger partial charge in [0.15, 0.2) is 11.3 Å². The maximum absolute atomic E-state index is 13.8. The maximum atomic E-state index is 13.8. The molecule has 37 heavy (non-hydrogen) atoms. The molecule has 3 rings (SSSR count). The molecule has 0 bridgehead atoms. The number of aliphatic hydroxyl groups excluding tert-OH is 2. The minimum atomic E-state index is -3.84. The lowest BCUT2D eigenvalue weighted by molar-refractivity contribution is -0.119. The Morgan fingerprint density at radius 3 is 2.65 bits per heavy atom. The minimum absolute atomic E-state index is 0.00118. The van der Waals surface area contributed by atoms with Crippen LogP contribution >= 0.6 is 19.5 Å². The Kier molecular flexibility index (Phi) is 9.98. The van der Waals surface area contributed by atoms with E-state index in [0.717, 1.165) is 35.6 Å². The van der Waals surface area contributed by atoms with Crippen molar-refractivity contribution in [3.05, 3.63) is 22.7 Å². The monoisotopic (exact) mass is 564 g/mol. The summed E-state index contributed by atoms with van der Waals surface area (Å²) in [4.78, 5) is 28.2. The van der Waals surface area contributed by atoms with Gasteiger partial charge in [0.05, 0.1) is 25.2 Å². The summed E-state index contributed by atoms with van der Waals surface area (Å²) in [6, 6.07) is 1.36. The Morgan fingerprint density at radius 1 is 1.35 bits per heavy atom. The van der Waals surface area contributed by atoms with Crippen LogP contribution in [-0.2, 0) is 23.1 Å². The quantitative estimate of drug-likeness (QED) is 0.218. The summed E-state index contributed by atoms with van der Waals surface area (Å²) in [5.74, 6) is 0.203. The summed E-state index contributed by atoms with van der Waals surface area (Å²) in [6.07, 6.45) is -0.000687. The molecule has 0 radical (unpaired) electrons. The first kappa shape index (κ1) is 30.2. The molecule has 0 amide bonds. The van der Waals surface area contributed by atoms with Crippen LogP contribution in [0.4, 0.5) is 5.82 Å². The lowest BCUT2D eigenvalue weighted by atomic mass is 9.96. The van der Waals surface area contributed by atoms with Crippen molar-refractivity contribution in [2.75, 3.05) is 44.4 Å². The second kappa shape index (κ2) is 12.2. The van der Waals surface area contributed by atoms with Crippen molar-refractivity contribution in [3.8, 4) is 0 Å². The van der Waals surface area contributed by atoms with E-state index in [1.165, 1.54) is 19.2 Å². The van der Waals surface area contributed by atoms with Crippen molar-refractivity contribution in [3.63, 3.8) is 0 Å². The molecular formula is C22H37N4O9PS. The van der Waals surface area contributed by atoms with Gasteiger partial charge in [0.1, 0.15) is 23.6 Å². The summed E-state index contributed by atoms with van der Waals surface area (Å²) in [5.41, 5.74) is 1.98. The van der Waals surface area contributed by atoms with Crippen LogP contribution in [0.1, 0.15) is 46.3 Å². The number of rotatable bonds is 11. The maximum Gasteiger partial charge on any atom is 0.408 e. The zero-order valence-electron chi connectivity index (χ0n) is 21.3. The summed E-state index contributed by atoms with van der Waals surface area (Å²) >= 11 is 0.975. The van der Waals surface area contributed by atoms with Gasteiger partial charge >= 0.3 is 13.4 Å². The molecule has 15 heteroatoms. The van der Waals surface area contributed by atoms with E-state index in [-0.39, 0.29) is 36.5 Å². The van der Waals surface area contributed by atoms with Crippen molar-refractivity contribution in [2.45, 2.75) is 64.1 Å². The van der Waals surface area contributed by atoms with Crippen molar-refractivity contribution in [1.29, 1.82) is 0 Å². The molecule has 2 saturated heterocycles. The van der Waals surface area contributed by atoms with Crippen LogP contribution in [0.3, 0.4) is 0 Å². The third-order valence-electron chi connectivity index (χ3n) is 6.46. The third-order valence-corrected chi connectivity index (χ3v) is 9.72. The van der Waals surface area contributed by atoms with Crippen molar-refractivity contribution >= 4 is 30.4 Å². The minimum Gasteiger partial charge on any atom is -0.395 e. The zero-order chi connectivity index (χ0) is 27.4. The predicted octanol–water partition coefficient (Wildman–Crippen LogP) is 0.740. The van der Waals surface area contributed by atoms with E-state index in [1.54, 1.807) is 18.5 Å². The Morgan fingerprint density at radius 2 is 2.03 bits per heavy atom. The van der Waals surface area contributed by atoms with E-state index < -0.39 is 42.9 Å². The highest BCUT2D eigenvalue weighted by atomic mass is 32.2. The number of nitrogen functional groups attached to an aromatic ring is 1. The van der Waals surface area contributed by atoms with Crippen LogP contribution in [0.15, 0.2) is 17.1 Å². The number of nitrogens with two attached hydrogens (primary N) is 1. The Bertz CT molecular complexity index is 1050. The van der Waals surface area contributed by atoms with Gasteiger partial charge in [-0.15, -0.1) is 0 Å². The molecule has 5 atom stereocenters. The van der Waals surface area contributed by atoms with Crippen molar-refractivity contribution < 1.29 is 38.5 Å². The molecule has 2 unspecified atom stereocenters. The number of thioether (sulfide) groups is 1. The van der Waals surface area contributed by atoms with E-state index in [2.05, 4.69) is 4.98 Å². The first-order valence-corrected chi connectivity index (χ1v) is 14.6. The van der Waals surface area contributed by atoms with E-state index in [0.29, 0.717) is 13.1 Å². The number of hydrogen-bond acceptors (Lipinski definition) is 12. The largest absolute Gasteiger partial charge is 0.408 e. The average molecular weight is 565 g/mol. The molecule has 2 fully saturated rings. The molecule has 2 aliphatic rings. The first-order chi connectivity index (χ1) is 17.3. The van der Waals surface area contributed by atoms with Gasteiger partial charge in [0.2, 0.25) is 0 Å². The topological polar surface area (TPSA) is 187 Å². The molecule has 0 aliphatic carbocycles. The van der Waals surface area contributed by atoms with Gasteiger partial charge in [-0.3, -0.25) is 18.4 Å². The van der Waals surface area contributed by atoms with Crippen LogP contribution in [0.25, 0.3) is 0 Å². The lowest BCUT2D eigenvalue weighted by Gasteiger charge is -2.33. The number of ether oxygens (including phenoxy) is 1. The molecule has 0 spiro atoms. The van der Waals surface area contributed by atoms with Gasteiger partial charge < -0.3 is 25.8 Å². The summed E-state index contributed by atoms with van der Waals surface area (Å²) < 4.78 is 33.7. The number of aromatic nitrogens is 2. The molecule has 0 aromatic carbocycles. The van der Waals surface area contributed by atoms with Gasteiger partial charge in [0.25, 0.3) is 0 Å². The highest BCUT2D eigenvalue weighted by Gasteiger charge is 2.54. The third kappa shape index (κ3) is 7.00. The van der Waals surface area contributed by atoms with Gasteiger partial charge in [0, 0.05) is 25.0 Å². The molecule has 210 valence electrons. The Balaban J connectivity index is 1.68. The van der Waals surface area contributed by atoms with Crippen molar-refractivity contribution in [2.24, 2.45) is 5.41 Å². The fourth-order valence-electron chi connectivity index (χ4n) is 4.02. The van der Waals surface area contributed by atoms with Crippen LogP contribution in [0.2, 0.25) is 0 Å². The van der Waals surface area contributed by atoms with E-state index in [9.17, 15) is 29.5 Å². The van der Waals surface area contributed by atoms with Gasteiger partial charge in [-0.25, -0.2) is 14.0 Å². The summed E-state index contributed by atoms with van der Waals surface area (Å²) in [6.45, 7) is 4.83. The number of carbonyl (C=O) groups is 1. The number of nitrogens with zero attached hydrogens (tertiary/aromatic N) is 3. The van der Waals surface area contributed by atoms with E-state index in [4.69, 9.17) is 19.5 Å².